The molecule has 6 rings (SSSR count). The first-order valence-electron chi connectivity index (χ1n) is 15.0. The van der Waals surface area contributed by atoms with Crippen LogP contribution in [0.25, 0.3) is 0 Å². The minimum Gasteiger partial charge on any atom is -0.490 e. The Balaban J connectivity index is 1.35. The molecule has 0 unspecified atom stereocenters. The molecule has 39 heavy (non-hydrogen) atoms. The standard InChI is InChI=1S/C32H41N3O4/c1-3-38-27-20-22-14-15-35-30(26(22)21-28(27)39-4-2)29(24-12-8-9-13-25(24)31(35)36)32(37)34-18-16-33(17-19-34)23-10-6-5-7-11-23/h8-9,12-13,20-21,23,29-30H,3-7,10-11,14-19H2,1-2H3/t29-,30+/m1/s1. The summed E-state index contributed by atoms with van der Waals surface area (Å²) in [6.45, 7) is 8.93. The Morgan fingerprint density at radius 3 is 2.28 bits per heavy atom. The predicted octanol–water partition coefficient (Wildman–Crippen LogP) is 4.80. The van der Waals surface area contributed by atoms with Gasteiger partial charge in [0.2, 0.25) is 5.91 Å². The van der Waals surface area contributed by atoms with Crippen LogP contribution in [0, 0.1) is 0 Å². The molecule has 3 aliphatic heterocycles. The van der Waals surface area contributed by atoms with Crippen LogP contribution in [0.1, 0.15) is 85.0 Å². The largest absolute Gasteiger partial charge is 0.490 e. The van der Waals surface area contributed by atoms with E-state index in [0.717, 1.165) is 55.0 Å². The predicted molar refractivity (Wildman–Crippen MR) is 150 cm³/mol. The second-order valence-corrected chi connectivity index (χ2v) is 11.3. The van der Waals surface area contributed by atoms with Gasteiger partial charge in [0.15, 0.2) is 11.5 Å². The van der Waals surface area contributed by atoms with Crippen LogP contribution < -0.4 is 9.47 Å². The van der Waals surface area contributed by atoms with Crippen molar-refractivity contribution < 1.29 is 19.1 Å². The summed E-state index contributed by atoms with van der Waals surface area (Å²) in [5, 5.41) is 0. The lowest BCUT2D eigenvalue weighted by molar-refractivity contribution is -0.137. The third kappa shape index (κ3) is 4.79. The fraction of sp³-hybridized carbons (Fsp3) is 0.562. The molecule has 2 amide bonds. The number of hydrogen-bond acceptors (Lipinski definition) is 5. The summed E-state index contributed by atoms with van der Waals surface area (Å²) >= 11 is 0. The summed E-state index contributed by atoms with van der Waals surface area (Å²) in [5.41, 5.74) is 3.65. The smallest absolute Gasteiger partial charge is 0.254 e. The van der Waals surface area contributed by atoms with E-state index in [-0.39, 0.29) is 17.9 Å². The van der Waals surface area contributed by atoms with Crippen LogP contribution in [0.5, 0.6) is 11.5 Å². The third-order valence-electron chi connectivity index (χ3n) is 9.17. The summed E-state index contributed by atoms with van der Waals surface area (Å²) in [4.78, 5) is 34.8. The highest BCUT2D eigenvalue weighted by Gasteiger charge is 2.48. The first-order valence-corrected chi connectivity index (χ1v) is 15.0. The van der Waals surface area contributed by atoms with Crippen molar-refractivity contribution in [3.05, 3.63) is 58.7 Å². The minimum absolute atomic E-state index is 0.0132. The van der Waals surface area contributed by atoms with Gasteiger partial charge < -0.3 is 19.3 Å². The second-order valence-electron chi connectivity index (χ2n) is 11.3. The molecule has 3 heterocycles. The fourth-order valence-electron chi connectivity index (χ4n) is 7.29. The van der Waals surface area contributed by atoms with E-state index in [4.69, 9.17) is 9.47 Å². The maximum atomic E-state index is 14.5. The number of amides is 2. The van der Waals surface area contributed by atoms with Gasteiger partial charge in [0, 0.05) is 44.3 Å². The zero-order valence-corrected chi connectivity index (χ0v) is 23.4. The molecule has 7 nitrogen and oxygen atoms in total. The van der Waals surface area contributed by atoms with Crippen LogP contribution in [0.4, 0.5) is 0 Å². The lowest BCUT2D eigenvalue weighted by Crippen LogP contribution is -2.56. The van der Waals surface area contributed by atoms with E-state index >= 15 is 0 Å². The fourth-order valence-corrected chi connectivity index (χ4v) is 7.29. The Morgan fingerprint density at radius 2 is 1.56 bits per heavy atom. The van der Waals surface area contributed by atoms with E-state index < -0.39 is 5.92 Å². The zero-order chi connectivity index (χ0) is 26.9. The Bertz CT molecular complexity index is 1220. The van der Waals surface area contributed by atoms with Gasteiger partial charge in [0.25, 0.3) is 5.91 Å². The molecule has 0 aromatic heterocycles. The Kier molecular flexibility index (Phi) is 7.52. The molecule has 208 valence electrons. The van der Waals surface area contributed by atoms with Crippen molar-refractivity contribution in [2.45, 2.75) is 70.4 Å². The molecule has 0 N–H and O–H groups in total. The van der Waals surface area contributed by atoms with E-state index in [0.29, 0.717) is 37.1 Å². The number of rotatable bonds is 6. The molecule has 1 saturated carbocycles. The summed E-state index contributed by atoms with van der Waals surface area (Å²) in [7, 11) is 0. The summed E-state index contributed by atoms with van der Waals surface area (Å²) < 4.78 is 11.9. The lowest BCUT2D eigenvalue weighted by atomic mass is 9.75. The number of benzene rings is 2. The Hall–Kier alpha value is -3.06. The first-order chi connectivity index (χ1) is 19.1. The van der Waals surface area contributed by atoms with Crippen molar-refractivity contribution in [2.24, 2.45) is 0 Å². The van der Waals surface area contributed by atoms with Gasteiger partial charge in [-0.05, 0) is 68.0 Å². The van der Waals surface area contributed by atoms with Crippen molar-refractivity contribution in [2.75, 3.05) is 45.9 Å². The number of hydrogen-bond donors (Lipinski definition) is 0. The molecule has 0 spiro atoms. The highest BCUT2D eigenvalue weighted by atomic mass is 16.5. The maximum Gasteiger partial charge on any atom is 0.254 e. The van der Waals surface area contributed by atoms with E-state index in [1.807, 2.05) is 49.1 Å². The van der Waals surface area contributed by atoms with E-state index in [9.17, 15) is 9.59 Å². The van der Waals surface area contributed by atoms with Crippen LogP contribution in [0.15, 0.2) is 36.4 Å². The average Bonchev–Trinajstić information content (AvgIpc) is 2.98. The number of carbonyl (C=O) groups excluding carboxylic acids is 2. The highest BCUT2D eigenvalue weighted by molar-refractivity contribution is 6.01. The zero-order valence-electron chi connectivity index (χ0n) is 23.4. The number of nitrogens with zero attached hydrogens (tertiary/aromatic N) is 3. The van der Waals surface area contributed by atoms with Gasteiger partial charge in [-0.15, -0.1) is 0 Å². The molecule has 1 aliphatic carbocycles. The third-order valence-corrected chi connectivity index (χ3v) is 9.17. The van der Waals surface area contributed by atoms with Crippen molar-refractivity contribution in [1.29, 1.82) is 0 Å². The van der Waals surface area contributed by atoms with Crippen molar-refractivity contribution in [3.8, 4) is 11.5 Å². The second kappa shape index (κ2) is 11.2. The summed E-state index contributed by atoms with van der Waals surface area (Å²) in [6, 6.07) is 12.1. The van der Waals surface area contributed by atoms with Crippen LogP contribution in [0.2, 0.25) is 0 Å². The maximum absolute atomic E-state index is 14.5. The lowest BCUT2D eigenvalue weighted by Gasteiger charge is -2.47. The number of carbonyl (C=O) groups is 2. The number of fused-ring (bicyclic) bond motifs is 4. The van der Waals surface area contributed by atoms with Gasteiger partial charge in [-0.25, -0.2) is 0 Å². The van der Waals surface area contributed by atoms with Crippen molar-refractivity contribution >= 4 is 11.8 Å². The Morgan fingerprint density at radius 1 is 0.872 bits per heavy atom. The normalized spacial score (nSPS) is 23.6. The molecule has 2 aromatic carbocycles. The van der Waals surface area contributed by atoms with E-state index in [1.165, 1.54) is 32.1 Å². The van der Waals surface area contributed by atoms with Gasteiger partial charge in [0.1, 0.15) is 0 Å². The molecule has 7 heteroatoms. The average molecular weight is 532 g/mol. The van der Waals surface area contributed by atoms with Crippen LogP contribution >= 0.6 is 0 Å². The molecule has 4 aliphatic rings. The molecular weight excluding hydrogens is 490 g/mol. The van der Waals surface area contributed by atoms with Gasteiger partial charge in [-0.1, -0.05) is 37.5 Å². The molecule has 2 atom stereocenters. The Labute approximate surface area is 232 Å². The molecule has 2 fully saturated rings. The summed E-state index contributed by atoms with van der Waals surface area (Å²) in [6.07, 6.45) is 7.29. The topological polar surface area (TPSA) is 62.3 Å². The SMILES string of the molecule is CCOc1cc2c(cc1OCC)[C@H]1[C@H](C(=O)N3CCN(C4CCCCC4)CC3)c3ccccc3C(=O)N1CC2. The number of ether oxygens (including phenoxy) is 2. The van der Waals surface area contributed by atoms with Crippen molar-refractivity contribution in [3.63, 3.8) is 0 Å². The van der Waals surface area contributed by atoms with Gasteiger partial charge in [0.05, 0.1) is 25.2 Å². The quantitative estimate of drug-likeness (QED) is 0.536. The molecule has 0 radical (unpaired) electrons. The van der Waals surface area contributed by atoms with Gasteiger partial charge in [-0.3, -0.25) is 14.5 Å². The molecule has 0 bridgehead atoms. The summed E-state index contributed by atoms with van der Waals surface area (Å²) in [5.74, 6) is 1.12. The van der Waals surface area contributed by atoms with Gasteiger partial charge in [-0.2, -0.15) is 0 Å². The van der Waals surface area contributed by atoms with Crippen molar-refractivity contribution in [1.82, 2.24) is 14.7 Å². The van der Waals surface area contributed by atoms with Crippen LogP contribution in [-0.2, 0) is 11.2 Å². The van der Waals surface area contributed by atoms with E-state index in [1.54, 1.807) is 0 Å². The molecule has 1 saturated heterocycles. The van der Waals surface area contributed by atoms with E-state index in [2.05, 4.69) is 15.9 Å². The highest BCUT2D eigenvalue weighted by Crippen LogP contribution is 2.49. The van der Waals surface area contributed by atoms with Crippen LogP contribution in [0.3, 0.4) is 0 Å². The van der Waals surface area contributed by atoms with Crippen LogP contribution in [-0.4, -0.2) is 78.5 Å². The molecular formula is C32H41N3O4. The van der Waals surface area contributed by atoms with Gasteiger partial charge >= 0.3 is 0 Å². The monoisotopic (exact) mass is 531 g/mol. The number of piperazine rings is 1. The first kappa shape index (κ1) is 26.2. The molecule has 2 aromatic rings. The minimum atomic E-state index is -0.438.